The van der Waals surface area contributed by atoms with Gasteiger partial charge >= 0.3 is 5.97 Å². The highest BCUT2D eigenvalue weighted by Gasteiger charge is 2.30. The molecule has 3 heterocycles. The van der Waals surface area contributed by atoms with Gasteiger partial charge in [-0.2, -0.15) is 26.7 Å². The number of fused-ring (bicyclic) bond motifs is 1. The molecule has 0 radical (unpaired) electrons. The number of carboxylic acid groups (broad SMARTS) is 1. The highest BCUT2D eigenvalue weighted by molar-refractivity contribution is 7.89. The molecule has 6 rings (SSSR count). The van der Waals surface area contributed by atoms with Crippen LogP contribution in [0.5, 0.6) is 0 Å². The summed E-state index contributed by atoms with van der Waals surface area (Å²) in [6, 6.07) is 12.4. The number of aromatic nitrogens is 4. The minimum atomic E-state index is -4.85. The molecule has 0 aliphatic carbocycles. The van der Waals surface area contributed by atoms with E-state index in [1.807, 2.05) is 0 Å². The number of carbonyl (C=O) groups excluding carboxylic acids is 3. The summed E-state index contributed by atoms with van der Waals surface area (Å²) in [7, 11) is -13.8. The zero-order chi connectivity index (χ0) is 53.3. The number of amides is 3. The average molecular weight is 1060 g/mol. The van der Waals surface area contributed by atoms with E-state index < -0.39 is 89.3 Å². The number of aryl methyl sites for hydroxylation is 4. The maximum absolute atomic E-state index is 13.9. The SMILES string of the molecule is Cc1cc(C)c(S(=O)(=O)N[C@@H](CNC(=O)c2cn(CCCNC(=O)[C@H](CS(=O)(=O)O)NC(=O)c3ccc(N=NCc4ccccc4S(=O)(=O)O)nc3)c3cc(CNc4ncc[nH]4)ccc3c2=O)C(=O)O)c(C)c1. The van der Waals surface area contributed by atoms with Gasteiger partial charge in [0.15, 0.2) is 11.8 Å². The fraction of sp³-hybridized carbons (Fsp3) is 0.267. The fourth-order valence-corrected chi connectivity index (χ4v) is 10.6. The summed E-state index contributed by atoms with van der Waals surface area (Å²) in [6.07, 6.45) is 5.48. The molecular weight excluding hydrogens is 1010 g/mol. The highest BCUT2D eigenvalue weighted by Crippen LogP contribution is 2.23. The largest absolute Gasteiger partial charge is 0.480 e. The van der Waals surface area contributed by atoms with Crippen LogP contribution in [0.1, 0.15) is 55.0 Å². The van der Waals surface area contributed by atoms with Crippen molar-refractivity contribution in [2.75, 3.05) is 24.2 Å². The first-order chi connectivity index (χ1) is 34.4. The molecule has 9 N–H and O–H groups in total. The van der Waals surface area contributed by atoms with Crippen LogP contribution in [0, 0.1) is 20.8 Å². The average Bonchev–Trinajstić information content (AvgIpc) is 3.84. The van der Waals surface area contributed by atoms with Crippen LogP contribution in [0.2, 0.25) is 0 Å². The molecule has 0 aliphatic rings. The Morgan fingerprint density at radius 3 is 2.23 bits per heavy atom. The van der Waals surface area contributed by atoms with Crippen LogP contribution in [-0.2, 0) is 59.5 Å². The lowest BCUT2D eigenvalue weighted by atomic mass is 10.1. The van der Waals surface area contributed by atoms with Crippen molar-refractivity contribution in [1.82, 2.24) is 40.2 Å². The summed E-state index contributed by atoms with van der Waals surface area (Å²) < 4.78 is 96.8. The Labute approximate surface area is 417 Å². The molecule has 3 aromatic heterocycles. The Balaban J connectivity index is 1.15. The lowest BCUT2D eigenvalue weighted by Crippen LogP contribution is -2.50. The Hall–Kier alpha value is -7.76. The van der Waals surface area contributed by atoms with Crippen molar-refractivity contribution < 1.29 is 58.6 Å². The number of benzene rings is 3. The first-order valence-corrected chi connectivity index (χ1v) is 26.4. The predicted molar refractivity (Wildman–Crippen MR) is 263 cm³/mol. The number of aromatic amines is 1. The Bertz CT molecular complexity index is 3470. The molecule has 0 fully saturated rings. The first kappa shape index (κ1) is 54.6. The third-order valence-corrected chi connectivity index (χ3v) is 14.3. The van der Waals surface area contributed by atoms with E-state index in [1.54, 1.807) is 57.4 Å². The molecule has 2 atom stereocenters. The summed E-state index contributed by atoms with van der Waals surface area (Å²) in [6.45, 7) is 3.96. The van der Waals surface area contributed by atoms with Gasteiger partial charge in [-0.3, -0.25) is 33.1 Å². The quantitative estimate of drug-likeness (QED) is 0.0253. The zero-order valence-corrected chi connectivity index (χ0v) is 41.5. The molecule has 0 spiro atoms. The zero-order valence-electron chi connectivity index (χ0n) is 39.1. The van der Waals surface area contributed by atoms with Crippen molar-refractivity contribution in [3.8, 4) is 0 Å². The molecule has 73 heavy (non-hydrogen) atoms. The molecule has 0 aliphatic heterocycles. The normalized spacial score (nSPS) is 12.8. The molecule has 6 aromatic rings. The van der Waals surface area contributed by atoms with E-state index in [0.29, 0.717) is 28.2 Å². The number of carboxylic acids is 1. The molecule has 25 nitrogen and oxygen atoms in total. The van der Waals surface area contributed by atoms with E-state index in [9.17, 15) is 63.4 Å². The van der Waals surface area contributed by atoms with Crippen LogP contribution in [-0.4, -0.2) is 114 Å². The number of nitrogens with one attached hydrogen (secondary N) is 6. The van der Waals surface area contributed by atoms with Gasteiger partial charge in [-0.25, -0.2) is 18.4 Å². The molecule has 3 amide bonds. The van der Waals surface area contributed by atoms with E-state index in [2.05, 4.69) is 51.2 Å². The monoisotopic (exact) mass is 1060 g/mol. The summed E-state index contributed by atoms with van der Waals surface area (Å²) in [5.74, 6) is -5.38. The number of H-pyrrole nitrogens is 1. The molecule has 0 unspecified atom stereocenters. The van der Waals surface area contributed by atoms with Gasteiger partial charge in [0.2, 0.25) is 21.4 Å². The molecule has 0 saturated heterocycles. The molecule has 0 saturated carbocycles. The summed E-state index contributed by atoms with van der Waals surface area (Å²) in [5, 5.41) is 28.0. The maximum atomic E-state index is 13.9. The third kappa shape index (κ3) is 14.7. The number of nitrogens with zero attached hydrogens (tertiary/aromatic N) is 5. The second-order valence-corrected chi connectivity index (χ2v) is 21.0. The summed E-state index contributed by atoms with van der Waals surface area (Å²) in [5.41, 5.74) is 1.39. The predicted octanol–water partition coefficient (Wildman–Crippen LogP) is 2.54. The van der Waals surface area contributed by atoms with E-state index in [-0.39, 0.29) is 64.7 Å². The number of carbonyl (C=O) groups is 4. The number of anilines is 1. The number of rotatable bonds is 23. The Morgan fingerprint density at radius 2 is 1.59 bits per heavy atom. The highest BCUT2D eigenvalue weighted by atomic mass is 32.2. The standard InChI is InChI=1S/C45H49N11O14S3/c1-26-17-27(2)40(28(3)18-26)72(66,67)55-34(44(61)62)23-50-42(59)33-24-56(36-19-29(9-11-32(36)39(33)57)20-51-45-47-14-15-48-45)16-6-13-46-43(60)35(25-71(63,64)65)53-41(58)31-10-12-38(49-21-31)54-52-22-30-7-4-5-8-37(30)73(68,69)70/h4-5,7-12,14-15,17-19,21,24,34-35,55H,6,13,16,20,22-23,25H2,1-3H3,(H,46,60)(H,50,59)(H,53,58)(H,61,62)(H2,47,48,51)(H,63,64,65)(H,68,69,70)/t34-,35-/m0/s1. The third-order valence-electron chi connectivity index (χ3n) is 10.8. The van der Waals surface area contributed by atoms with Crippen LogP contribution in [0.3, 0.4) is 0 Å². The van der Waals surface area contributed by atoms with E-state index >= 15 is 0 Å². The number of hydrogen-bond acceptors (Lipinski definition) is 16. The number of pyridine rings is 2. The van der Waals surface area contributed by atoms with Crippen molar-refractivity contribution in [2.24, 2.45) is 10.2 Å². The van der Waals surface area contributed by atoms with Crippen LogP contribution < -0.4 is 31.4 Å². The van der Waals surface area contributed by atoms with Gasteiger partial charge in [-0.1, -0.05) is 42.0 Å². The Morgan fingerprint density at radius 1 is 0.863 bits per heavy atom. The van der Waals surface area contributed by atoms with Crippen molar-refractivity contribution in [3.05, 3.63) is 141 Å². The van der Waals surface area contributed by atoms with Crippen molar-refractivity contribution in [2.45, 2.75) is 68.7 Å². The number of hydrogen-bond donors (Lipinski definition) is 9. The minimum Gasteiger partial charge on any atom is -0.480 e. The van der Waals surface area contributed by atoms with Crippen molar-refractivity contribution in [3.63, 3.8) is 0 Å². The number of azo groups is 1. The smallest absolute Gasteiger partial charge is 0.323 e. The number of aliphatic carboxylic acids is 1. The molecular formula is C45H49N11O14S3. The van der Waals surface area contributed by atoms with Crippen LogP contribution in [0.15, 0.2) is 116 Å². The van der Waals surface area contributed by atoms with Crippen LogP contribution >= 0.6 is 0 Å². The number of imidazole rings is 1. The van der Waals surface area contributed by atoms with Crippen molar-refractivity contribution >= 4 is 76.6 Å². The lowest BCUT2D eigenvalue weighted by molar-refractivity contribution is -0.138. The molecule has 0 bridgehead atoms. The van der Waals surface area contributed by atoms with Crippen LogP contribution in [0.4, 0.5) is 11.8 Å². The van der Waals surface area contributed by atoms with E-state index in [1.165, 1.54) is 53.2 Å². The maximum Gasteiger partial charge on any atom is 0.323 e. The van der Waals surface area contributed by atoms with Gasteiger partial charge in [-0.05, 0) is 79.8 Å². The first-order valence-electron chi connectivity index (χ1n) is 21.8. The van der Waals surface area contributed by atoms with Crippen molar-refractivity contribution in [1.29, 1.82) is 0 Å². The fourth-order valence-electron chi connectivity index (χ4n) is 7.62. The lowest BCUT2D eigenvalue weighted by Gasteiger charge is -2.19. The van der Waals surface area contributed by atoms with E-state index in [4.69, 9.17) is 0 Å². The van der Waals surface area contributed by atoms with Gasteiger partial charge in [0.1, 0.15) is 23.4 Å². The summed E-state index contributed by atoms with van der Waals surface area (Å²) >= 11 is 0. The summed E-state index contributed by atoms with van der Waals surface area (Å²) in [4.78, 5) is 77.0. The molecule has 3 aromatic carbocycles. The second-order valence-electron chi connectivity index (χ2n) is 16.5. The van der Waals surface area contributed by atoms with E-state index in [0.717, 1.165) is 11.8 Å². The molecule has 28 heteroatoms. The van der Waals surface area contributed by atoms with Crippen LogP contribution in [0.25, 0.3) is 10.9 Å². The van der Waals surface area contributed by atoms with Gasteiger partial charge in [0, 0.05) is 56.4 Å². The Kier molecular flexibility index (Phi) is 17.3. The number of sulfonamides is 1. The second kappa shape index (κ2) is 23.2. The molecule has 386 valence electrons. The van der Waals surface area contributed by atoms with Gasteiger partial charge < -0.3 is 35.9 Å². The topological polar surface area (TPSA) is 380 Å². The van der Waals surface area contributed by atoms with Gasteiger partial charge in [-0.15, -0.1) is 5.11 Å². The minimum absolute atomic E-state index is 0.00304. The van der Waals surface area contributed by atoms with Gasteiger partial charge in [0.05, 0.1) is 27.4 Å². The van der Waals surface area contributed by atoms with Gasteiger partial charge in [0.25, 0.3) is 32.1 Å².